The molecule has 6 nitrogen and oxygen atoms in total. The SMILES string of the molecule is Cc1cccc(OCCC(=O)NCc2cccc(OCCN(C)C3CCOCC3)c2)c1C. The molecule has 1 aliphatic rings. The largest absolute Gasteiger partial charge is 0.493 e. The Hall–Kier alpha value is -2.57. The molecule has 6 heteroatoms. The van der Waals surface area contributed by atoms with E-state index in [1.165, 1.54) is 5.56 Å². The Kier molecular flexibility index (Phi) is 9.38. The van der Waals surface area contributed by atoms with Gasteiger partial charge in [0, 0.05) is 32.3 Å². The van der Waals surface area contributed by atoms with Crippen molar-refractivity contribution >= 4 is 5.91 Å². The first kappa shape index (κ1) is 24.1. The number of nitrogens with one attached hydrogen (secondary N) is 1. The summed E-state index contributed by atoms with van der Waals surface area (Å²) in [4.78, 5) is 14.6. The van der Waals surface area contributed by atoms with Gasteiger partial charge in [0.2, 0.25) is 5.91 Å². The maximum atomic E-state index is 12.2. The van der Waals surface area contributed by atoms with Crippen LogP contribution < -0.4 is 14.8 Å². The summed E-state index contributed by atoms with van der Waals surface area (Å²) in [6.45, 7) is 8.13. The summed E-state index contributed by atoms with van der Waals surface area (Å²) in [6.07, 6.45) is 2.49. The first-order valence-electron chi connectivity index (χ1n) is 11.5. The Labute approximate surface area is 191 Å². The predicted octanol–water partition coefficient (Wildman–Crippen LogP) is 3.88. The van der Waals surface area contributed by atoms with Crippen LogP contribution in [0.5, 0.6) is 11.5 Å². The minimum absolute atomic E-state index is 0.0280. The number of nitrogens with zero attached hydrogens (tertiary/aromatic N) is 1. The van der Waals surface area contributed by atoms with E-state index in [2.05, 4.69) is 30.3 Å². The quantitative estimate of drug-likeness (QED) is 0.575. The normalized spacial score (nSPS) is 14.4. The van der Waals surface area contributed by atoms with Gasteiger partial charge in [-0.25, -0.2) is 0 Å². The second-order valence-corrected chi connectivity index (χ2v) is 8.39. The molecule has 1 heterocycles. The molecule has 0 bridgehead atoms. The van der Waals surface area contributed by atoms with Crippen molar-refractivity contribution in [2.45, 2.75) is 45.7 Å². The lowest BCUT2D eigenvalue weighted by molar-refractivity contribution is -0.121. The Morgan fingerprint density at radius 3 is 2.69 bits per heavy atom. The molecule has 0 saturated carbocycles. The van der Waals surface area contributed by atoms with Gasteiger partial charge in [-0.1, -0.05) is 24.3 Å². The first-order chi connectivity index (χ1) is 15.5. The molecule has 0 unspecified atom stereocenters. The second kappa shape index (κ2) is 12.5. The molecule has 1 N–H and O–H groups in total. The van der Waals surface area contributed by atoms with Gasteiger partial charge in [-0.3, -0.25) is 9.69 Å². The van der Waals surface area contributed by atoms with E-state index in [0.717, 1.165) is 55.2 Å². The molecule has 3 rings (SSSR count). The fourth-order valence-electron chi connectivity index (χ4n) is 3.78. The third-order valence-corrected chi connectivity index (χ3v) is 6.06. The highest BCUT2D eigenvalue weighted by Crippen LogP contribution is 2.20. The molecule has 1 fully saturated rings. The molecule has 32 heavy (non-hydrogen) atoms. The zero-order valence-electron chi connectivity index (χ0n) is 19.6. The number of likely N-dealkylation sites (N-methyl/N-ethyl adjacent to an activating group) is 1. The van der Waals surface area contributed by atoms with E-state index in [1.807, 2.05) is 43.3 Å². The molecule has 0 spiro atoms. The number of carbonyl (C=O) groups excluding carboxylic acids is 1. The van der Waals surface area contributed by atoms with Gasteiger partial charge in [0.15, 0.2) is 0 Å². The number of amides is 1. The van der Waals surface area contributed by atoms with Gasteiger partial charge in [-0.2, -0.15) is 0 Å². The second-order valence-electron chi connectivity index (χ2n) is 8.39. The van der Waals surface area contributed by atoms with Crippen LogP contribution in [0.4, 0.5) is 0 Å². The van der Waals surface area contributed by atoms with Gasteiger partial charge in [0.05, 0.1) is 13.0 Å². The molecule has 0 aliphatic carbocycles. The zero-order valence-corrected chi connectivity index (χ0v) is 19.6. The first-order valence-corrected chi connectivity index (χ1v) is 11.5. The number of ether oxygens (including phenoxy) is 3. The van der Waals surface area contributed by atoms with Crippen LogP contribution in [-0.2, 0) is 16.1 Å². The highest BCUT2D eigenvalue weighted by atomic mass is 16.5. The number of benzene rings is 2. The molecular weight excluding hydrogens is 404 g/mol. The number of hydrogen-bond donors (Lipinski definition) is 1. The minimum Gasteiger partial charge on any atom is -0.493 e. The third-order valence-electron chi connectivity index (χ3n) is 6.06. The van der Waals surface area contributed by atoms with Crippen LogP contribution in [0.25, 0.3) is 0 Å². The standard InChI is InChI=1S/C26H36N2O4/c1-20-6-4-9-25(21(20)2)32-16-12-26(29)27-19-22-7-5-8-24(18-22)31-17-13-28(3)23-10-14-30-15-11-23/h4-9,18,23H,10-17,19H2,1-3H3,(H,27,29). The predicted molar refractivity (Wildman–Crippen MR) is 126 cm³/mol. The van der Waals surface area contributed by atoms with Crippen molar-refractivity contribution in [2.24, 2.45) is 0 Å². The lowest BCUT2D eigenvalue weighted by Gasteiger charge is -2.31. The third kappa shape index (κ3) is 7.53. The van der Waals surface area contributed by atoms with Crippen LogP contribution in [0.3, 0.4) is 0 Å². The van der Waals surface area contributed by atoms with Crippen LogP contribution in [0.2, 0.25) is 0 Å². The van der Waals surface area contributed by atoms with E-state index >= 15 is 0 Å². The van der Waals surface area contributed by atoms with E-state index in [0.29, 0.717) is 32.2 Å². The maximum Gasteiger partial charge on any atom is 0.223 e. The monoisotopic (exact) mass is 440 g/mol. The molecule has 0 atom stereocenters. The molecule has 174 valence electrons. The van der Waals surface area contributed by atoms with Gasteiger partial charge in [-0.15, -0.1) is 0 Å². The smallest absolute Gasteiger partial charge is 0.223 e. The summed E-state index contributed by atoms with van der Waals surface area (Å²) in [7, 11) is 2.15. The Morgan fingerprint density at radius 2 is 1.88 bits per heavy atom. The molecule has 0 aromatic heterocycles. The van der Waals surface area contributed by atoms with E-state index < -0.39 is 0 Å². The molecular formula is C26H36N2O4. The average molecular weight is 441 g/mol. The van der Waals surface area contributed by atoms with E-state index in [4.69, 9.17) is 14.2 Å². The van der Waals surface area contributed by atoms with Crippen molar-refractivity contribution in [1.29, 1.82) is 0 Å². The van der Waals surface area contributed by atoms with Crippen molar-refractivity contribution in [2.75, 3.05) is 40.0 Å². The summed E-state index contributed by atoms with van der Waals surface area (Å²) >= 11 is 0. The number of rotatable bonds is 11. The van der Waals surface area contributed by atoms with Gasteiger partial charge < -0.3 is 19.5 Å². The fourth-order valence-corrected chi connectivity index (χ4v) is 3.78. The van der Waals surface area contributed by atoms with Crippen molar-refractivity contribution in [3.05, 3.63) is 59.2 Å². The van der Waals surface area contributed by atoms with Gasteiger partial charge in [-0.05, 0) is 68.6 Å². The number of carbonyl (C=O) groups is 1. The zero-order chi connectivity index (χ0) is 22.8. The summed E-state index contributed by atoms with van der Waals surface area (Å²) in [5.74, 6) is 1.64. The van der Waals surface area contributed by atoms with Crippen LogP contribution in [0.1, 0.15) is 36.0 Å². The van der Waals surface area contributed by atoms with E-state index in [1.54, 1.807) is 0 Å². The summed E-state index contributed by atoms with van der Waals surface area (Å²) in [5.41, 5.74) is 3.32. The fraction of sp³-hybridized carbons (Fsp3) is 0.500. The lowest BCUT2D eigenvalue weighted by atomic mass is 10.1. The van der Waals surface area contributed by atoms with Crippen molar-refractivity contribution in [3.63, 3.8) is 0 Å². The van der Waals surface area contributed by atoms with E-state index in [9.17, 15) is 4.79 Å². The summed E-state index contributed by atoms with van der Waals surface area (Å²) in [5, 5.41) is 2.96. The summed E-state index contributed by atoms with van der Waals surface area (Å²) in [6, 6.07) is 14.4. The molecule has 2 aromatic carbocycles. The Bertz CT molecular complexity index is 865. The summed E-state index contributed by atoms with van der Waals surface area (Å²) < 4.78 is 17.2. The van der Waals surface area contributed by atoms with Crippen LogP contribution in [-0.4, -0.2) is 56.9 Å². The highest BCUT2D eigenvalue weighted by Gasteiger charge is 2.18. The van der Waals surface area contributed by atoms with Gasteiger partial charge in [0.25, 0.3) is 0 Å². The minimum atomic E-state index is -0.0280. The van der Waals surface area contributed by atoms with Crippen LogP contribution in [0.15, 0.2) is 42.5 Å². The van der Waals surface area contributed by atoms with Gasteiger partial charge >= 0.3 is 0 Å². The molecule has 0 radical (unpaired) electrons. The Morgan fingerprint density at radius 1 is 1.09 bits per heavy atom. The maximum absolute atomic E-state index is 12.2. The average Bonchev–Trinajstić information content (AvgIpc) is 2.81. The van der Waals surface area contributed by atoms with Crippen LogP contribution >= 0.6 is 0 Å². The molecule has 1 amide bonds. The molecule has 1 aliphatic heterocycles. The highest BCUT2D eigenvalue weighted by molar-refractivity contribution is 5.76. The lowest BCUT2D eigenvalue weighted by Crippen LogP contribution is -2.38. The topological polar surface area (TPSA) is 60.0 Å². The van der Waals surface area contributed by atoms with Crippen molar-refractivity contribution in [1.82, 2.24) is 10.2 Å². The van der Waals surface area contributed by atoms with Crippen LogP contribution in [0, 0.1) is 13.8 Å². The van der Waals surface area contributed by atoms with Gasteiger partial charge in [0.1, 0.15) is 18.1 Å². The number of hydrogen-bond acceptors (Lipinski definition) is 5. The molecule has 2 aromatic rings. The van der Waals surface area contributed by atoms with E-state index in [-0.39, 0.29) is 5.91 Å². The Balaban J connectivity index is 1.35. The van der Waals surface area contributed by atoms with Crippen molar-refractivity contribution < 1.29 is 19.0 Å². The number of aryl methyl sites for hydroxylation is 1. The van der Waals surface area contributed by atoms with Crippen molar-refractivity contribution in [3.8, 4) is 11.5 Å². The molecule has 1 saturated heterocycles.